The summed E-state index contributed by atoms with van der Waals surface area (Å²) in [5.74, 6) is -3.14. The average Bonchev–Trinajstić information content (AvgIpc) is 3.68. The molecule has 14 nitrogen and oxygen atoms in total. The van der Waals surface area contributed by atoms with E-state index in [4.69, 9.17) is 18.9 Å². The standard InChI is InChI=1S/2C34H54O7S.Ca/c2*1-3-5-7-9-11-13-15-17-19-21-23-27-40-33(35)31-26-25-30(42(37,38)39)29-32(31)34(36)41-28-24-22-20-18-16-14-12-10-8-6-4-2;/h2*3-4,25-26,29H,1-2,5-24,27-28H2,(H,37,38,39);/q;;+2/p-2. The third-order valence-electron chi connectivity index (χ3n) is 14.6. The summed E-state index contributed by atoms with van der Waals surface area (Å²) in [5, 5.41) is 0. The molecule has 0 saturated carbocycles. The Labute approximate surface area is 544 Å². The Balaban J connectivity index is 0.00000164. The van der Waals surface area contributed by atoms with Crippen LogP contribution in [0, 0.1) is 0 Å². The van der Waals surface area contributed by atoms with Crippen molar-refractivity contribution < 1.29 is 64.1 Å². The second-order valence-corrected chi connectivity index (χ2v) is 24.7. The molecule has 17 heteroatoms. The summed E-state index contributed by atoms with van der Waals surface area (Å²) < 4.78 is 90.5. The van der Waals surface area contributed by atoms with E-state index in [1.54, 1.807) is 0 Å². The third-order valence-corrected chi connectivity index (χ3v) is 16.2. The summed E-state index contributed by atoms with van der Waals surface area (Å²) in [6, 6.07) is 6.16. The molecule has 85 heavy (non-hydrogen) atoms. The number of unbranched alkanes of at least 4 members (excludes halogenated alkanes) is 36. The smallest absolute Gasteiger partial charge is 0.744 e. The van der Waals surface area contributed by atoms with Crippen LogP contribution in [0.25, 0.3) is 0 Å². The zero-order chi connectivity index (χ0) is 61.8. The fraction of sp³-hybridized carbons (Fsp3) is 0.647. The Morgan fingerprint density at radius 1 is 0.306 bits per heavy atom. The summed E-state index contributed by atoms with van der Waals surface area (Å²) in [7, 11) is -9.61. The number of benzene rings is 2. The summed E-state index contributed by atoms with van der Waals surface area (Å²) in [4.78, 5) is 49.8. The Kier molecular flexibility index (Phi) is 52.2. The predicted molar refractivity (Wildman–Crippen MR) is 341 cm³/mol. The van der Waals surface area contributed by atoms with Gasteiger partial charge in [-0.2, -0.15) is 0 Å². The van der Waals surface area contributed by atoms with E-state index in [2.05, 4.69) is 26.3 Å². The maximum Gasteiger partial charge on any atom is 2.00 e. The largest absolute Gasteiger partial charge is 2.00 e. The molecule has 0 N–H and O–H groups in total. The summed E-state index contributed by atoms with van der Waals surface area (Å²) in [6.07, 6.45) is 51.8. The first kappa shape index (κ1) is 81.4. The van der Waals surface area contributed by atoms with Gasteiger partial charge < -0.3 is 28.1 Å². The Morgan fingerprint density at radius 2 is 0.482 bits per heavy atom. The number of rotatable bonds is 54. The van der Waals surface area contributed by atoms with Crippen LogP contribution >= 0.6 is 0 Å². The average molecular weight is 1250 g/mol. The van der Waals surface area contributed by atoms with Crippen molar-refractivity contribution in [2.45, 2.75) is 267 Å². The van der Waals surface area contributed by atoms with Crippen molar-refractivity contribution in [3.63, 3.8) is 0 Å². The summed E-state index contributed by atoms with van der Waals surface area (Å²) in [5.41, 5.74) is -0.725. The zero-order valence-corrected chi connectivity index (χ0v) is 55.8. The van der Waals surface area contributed by atoms with E-state index in [9.17, 15) is 45.1 Å². The summed E-state index contributed by atoms with van der Waals surface area (Å²) >= 11 is 0. The van der Waals surface area contributed by atoms with Gasteiger partial charge in [0, 0.05) is 0 Å². The van der Waals surface area contributed by atoms with E-state index < -0.39 is 53.9 Å². The van der Waals surface area contributed by atoms with Gasteiger partial charge in [0.25, 0.3) is 0 Å². The van der Waals surface area contributed by atoms with Crippen molar-refractivity contribution in [1.82, 2.24) is 0 Å². The number of carbonyl (C=O) groups is 4. The van der Waals surface area contributed by atoms with Crippen molar-refractivity contribution in [1.29, 1.82) is 0 Å². The van der Waals surface area contributed by atoms with Gasteiger partial charge in [0.2, 0.25) is 0 Å². The first-order valence-electron chi connectivity index (χ1n) is 31.9. The maximum absolute atomic E-state index is 12.8. The van der Waals surface area contributed by atoms with Gasteiger partial charge >= 0.3 is 61.6 Å². The molecule has 2 rings (SSSR count). The van der Waals surface area contributed by atoms with Crippen molar-refractivity contribution in [2.75, 3.05) is 26.4 Å². The van der Waals surface area contributed by atoms with Gasteiger partial charge in [-0.1, -0.05) is 204 Å². The van der Waals surface area contributed by atoms with Crippen LogP contribution in [-0.4, -0.2) is 114 Å². The molecule has 0 atom stereocenters. The molecule has 0 spiro atoms. The van der Waals surface area contributed by atoms with Crippen LogP contribution in [-0.2, 0) is 39.2 Å². The van der Waals surface area contributed by atoms with Crippen LogP contribution in [0.2, 0.25) is 0 Å². The molecular weight excluding hydrogens is 1140 g/mol. The Hall–Kier alpha value is -3.64. The van der Waals surface area contributed by atoms with Crippen molar-refractivity contribution in [2.24, 2.45) is 0 Å². The molecule has 0 bridgehead atoms. The first-order chi connectivity index (χ1) is 40.6. The molecule has 0 unspecified atom stereocenters. The van der Waals surface area contributed by atoms with Gasteiger partial charge in [0.1, 0.15) is 20.2 Å². The van der Waals surface area contributed by atoms with E-state index in [1.165, 1.54) is 128 Å². The molecule has 2 aromatic carbocycles. The normalized spacial score (nSPS) is 11.1. The second kappa shape index (κ2) is 54.5. The fourth-order valence-electron chi connectivity index (χ4n) is 9.53. The number of ether oxygens (including phenoxy) is 4. The number of hydrogen-bond acceptors (Lipinski definition) is 14. The molecule has 0 aromatic heterocycles. The van der Waals surface area contributed by atoms with Gasteiger partial charge in [-0.05, 0) is 113 Å². The quantitative estimate of drug-likeness (QED) is 0.0150. The molecule has 0 heterocycles. The predicted octanol–water partition coefficient (Wildman–Crippen LogP) is 17.8. The molecule has 0 fully saturated rings. The van der Waals surface area contributed by atoms with Crippen LogP contribution in [0.3, 0.4) is 0 Å². The molecule has 0 aliphatic rings. The number of esters is 4. The fourth-order valence-corrected chi connectivity index (χ4v) is 10.5. The van der Waals surface area contributed by atoms with E-state index in [0.717, 1.165) is 139 Å². The van der Waals surface area contributed by atoms with Gasteiger partial charge in [-0.3, -0.25) is 0 Å². The van der Waals surface area contributed by atoms with E-state index in [0.29, 0.717) is 25.7 Å². The zero-order valence-electron chi connectivity index (χ0n) is 52.0. The minimum Gasteiger partial charge on any atom is -0.744 e. The molecule has 0 amide bonds. The van der Waals surface area contributed by atoms with Crippen molar-refractivity contribution >= 4 is 81.9 Å². The van der Waals surface area contributed by atoms with Gasteiger partial charge in [0.15, 0.2) is 0 Å². The topological polar surface area (TPSA) is 220 Å². The maximum atomic E-state index is 12.8. The Bertz CT molecular complexity index is 2200. The number of carbonyl (C=O) groups excluding carboxylic acids is 4. The molecule has 2 aromatic rings. The van der Waals surface area contributed by atoms with Crippen LogP contribution in [0.5, 0.6) is 0 Å². The summed E-state index contributed by atoms with van der Waals surface area (Å²) in [6.45, 7) is 15.7. The van der Waals surface area contributed by atoms with Crippen LogP contribution in [0.1, 0.15) is 298 Å². The molecular formula is C68H106CaO14S2. The second-order valence-electron chi connectivity index (χ2n) is 21.9. The molecule has 0 saturated heterocycles. The number of hydrogen-bond donors (Lipinski definition) is 0. The Morgan fingerprint density at radius 3 is 0.671 bits per heavy atom. The number of allylic oxidation sites excluding steroid dienone is 4. The molecule has 0 aliphatic heterocycles. The van der Waals surface area contributed by atoms with Crippen LogP contribution in [0.15, 0.2) is 96.8 Å². The third kappa shape index (κ3) is 43.6. The molecule has 476 valence electrons. The van der Waals surface area contributed by atoms with E-state index in [-0.39, 0.29) is 86.4 Å². The van der Waals surface area contributed by atoms with E-state index >= 15 is 0 Å². The first-order valence-corrected chi connectivity index (χ1v) is 34.8. The molecule has 0 radical (unpaired) electrons. The van der Waals surface area contributed by atoms with Crippen LogP contribution in [0.4, 0.5) is 0 Å². The SMILES string of the molecule is C=CCCCCCCCCCCCOC(=O)c1ccc(S(=O)(=O)[O-])cc1C(=O)OCCCCCCCCCCCC=C.C=CCCCCCCCCCCCOC(=O)c1ccc(S(=O)(=O)[O-])cc1C(=O)OCCCCCCCCCCCC=C.[Ca+2]. The van der Waals surface area contributed by atoms with Gasteiger partial charge in [-0.15, -0.1) is 26.3 Å². The minimum absolute atomic E-state index is 0. The van der Waals surface area contributed by atoms with Crippen molar-refractivity contribution in [3.8, 4) is 0 Å². The minimum atomic E-state index is -4.81. The monoisotopic (exact) mass is 1250 g/mol. The van der Waals surface area contributed by atoms with E-state index in [1.807, 2.05) is 24.3 Å². The van der Waals surface area contributed by atoms with Gasteiger partial charge in [0.05, 0.1) is 58.5 Å². The van der Waals surface area contributed by atoms with Gasteiger partial charge in [-0.25, -0.2) is 36.0 Å². The molecule has 0 aliphatic carbocycles. The van der Waals surface area contributed by atoms with Crippen molar-refractivity contribution in [3.05, 3.63) is 109 Å². The van der Waals surface area contributed by atoms with Crippen LogP contribution < -0.4 is 0 Å².